The largest absolute Gasteiger partial charge is 0.444 e. The predicted molar refractivity (Wildman–Crippen MR) is 195 cm³/mol. The van der Waals surface area contributed by atoms with E-state index < -0.39 is 17.7 Å². The first-order chi connectivity index (χ1) is 24.5. The van der Waals surface area contributed by atoms with Gasteiger partial charge in [-0.25, -0.2) is 13.6 Å². The van der Waals surface area contributed by atoms with Gasteiger partial charge in [-0.05, 0) is 56.9 Å². The molecule has 0 fully saturated rings. The second-order valence-electron chi connectivity index (χ2n) is 12.9. The van der Waals surface area contributed by atoms with Gasteiger partial charge in [0, 0.05) is 36.1 Å². The lowest BCUT2D eigenvalue weighted by atomic mass is 10.0. The van der Waals surface area contributed by atoms with Gasteiger partial charge in [0.15, 0.2) is 0 Å². The summed E-state index contributed by atoms with van der Waals surface area (Å²) in [5.74, 6) is 1.23. The molecule has 0 bridgehead atoms. The van der Waals surface area contributed by atoms with Gasteiger partial charge in [-0.15, -0.1) is 12.4 Å². The molecule has 0 saturated heterocycles. The molecule has 52 heavy (non-hydrogen) atoms. The first-order valence-electron chi connectivity index (χ1n) is 16.5. The predicted octanol–water partition coefficient (Wildman–Crippen LogP) is 7.96. The highest BCUT2D eigenvalue weighted by atomic mass is 35.5. The summed E-state index contributed by atoms with van der Waals surface area (Å²) in [6.45, 7) is 5.34. The molecule has 0 radical (unpaired) electrons. The van der Waals surface area contributed by atoms with Gasteiger partial charge in [-0.1, -0.05) is 107 Å². The Balaban J connectivity index is 0.000000236. The van der Waals surface area contributed by atoms with Gasteiger partial charge < -0.3 is 24.8 Å². The summed E-state index contributed by atoms with van der Waals surface area (Å²) in [7, 11) is 0. The van der Waals surface area contributed by atoms with Crippen LogP contribution >= 0.6 is 12.4 Å². The Morgan fingerprint density at radius 3 is 1.62 bits per heavy atom. The Morgan fingerprint density at radius 2 is 1.13 bits per heavy atom. The molecule has 2 atom stereocenters. The summed E-state index contributed by atoms with van der Waals surface area (Å²) >= 11 is 0. The molecule has 6 aromatic rings. The van der Waals surface area contributed by atoms with Crippen molar-refractivity contribution < 1.29 is 27.4 Å². The standard InChI is InChI=1S/C22H24FN3O3.C17H16FN3O.ClH/c1-22(2,3)28-21(27)24-17(13-16-11-7-8-12-18(16)23)14-19-25-20(26-29-19)15-9-5-4-6-10-15;18-15-9-5-4-8-13(15)10-14(19)11-16-20-17(21-22-16)12-6-2-1-3-7-12;/h4-12,17H,13-14H2,1-3H3,(H,24,27);1-9,14H,10-11,19H2;1H/t17-;14-;/m11./s1. The zero-order valence-electron chi connectivity index (χ0n) is 29.0. The molecule has 13 heteroatoms. The molecule has 272 valence electrons. The molecule has 2 heterocycles. The van der Waals surface area contributed by atoms with Gasteiger partial charge in [0.05, 0.1) is 0 Å². The summed E-state index contributed by atoms with van der Waals surface area (Å²) in [6.07, 6.45) is 0.758. The number of aromatic nitrogens is 4. The third-order valence-corrected chi connectivity index (χ3v) is 7.44. The van der Waals surface area contributed by atoms with E-state index in [1.54, 1.807) is 57.2 Å². The zero-order valence-corrected chi connectivity index (χ0v) is 29.9. The number of hydrogen-bond donors (Lipinski definition) is 2. The Bertz CT molecular complexity index is 1990. The van der Waals surface area contributed by atoms with Crippen LogP contribution in [0.5, 0.6) is 0 Å². The number of carbonyl (C=O) groups is 1. The van der Waals surface area contributed by atoms with E-state index in [1.165, 1.54) is 12.1 Å². The van der Waals surface area contributed by atoms with Gasteiger partial charge >= 0.3 is 6.09 Å². The number of benzene rings is 4. The van der Waals surface area contributed by atoms with Crippen molar-refractivity contribution in [2.24, 2.45) is 5.73 Å². The number of carbonyl (C=O) groups excluding carboxylic acids is 1. The van der Waals surface area contributed by atoms with E-state index in [-0.39, 0.29) is 42.9 Å². The molecule has 2 aromatic heterocycles. The minimum atomic E-state index is -0.641. The number of hydrogen-bond acceptors (Lipinski definition) is 9. The smallest absolute Gasteiger partial charge is 0.407 e. The zero-order chi connectivity index (χ0) is 36.2. The number of nitrogens with one attached hydrogen (secondary N) is 1. The van der Waals surface area contributed by atoms with Crippen molar-refractivity contribution in [2.45, 2.75) is 64.1 Å². The van der Waals surface area contributed by atoms with E-state index in [2.05, 4.69) is 25.6 Å². The summed E-state index contributed by atoms with van der Waals surface area (Å²) in [6, 6.07) is 31.3. The van der Waals surface area contributed by atoms with Crippen molar-refractivity contribution >= 4 is 18.5 Å². The Kier molecular flexibility index (Phi) is 14.1. The van der Waals surface area contributed by atoms with Crippen LogP contribution in [0.1, 0.15) is 43.7 Å². The highest BCUT2D eigenvalue weighted by Gasteiger charge is 2.23. The minimum absolute atomic E-state index is 0. The van der Waals surface area contributed by atoms with Crippen LogP contribution in [0.3, 0.4) is 0 Å². The molecule has 0 aliphatic carbocycles. The maximum absolute atomic E-state index is 14.1. The SMILES string of the molecule is CC(C)(C)OC(=O)N[C@@H](Cc1nc(-c2ccccc2)no1)Cc1ccccc1F.Cl.N[C@@H](Cc1nc(-c2ccccc2)no1)Cc1ccccc1F. The van der Waals surface area contributed by atoms with Crippen molar-refractivity contribution in [2.75, 3.05) is 0 Å². The van der Waals surface area contributed by atoms with Crippen molar-refractivity contribution in [3.63, 3.8) is 0 Å². The Labute approximate surface area is 307 Å². The second kappa shape index (κ2) is 18.7. The van der Waals surface area contributed by atoms with Crippen molar-refractivity contribution in [1.29, 1.82) is 0 Å². The van der Waals surface area contributed by atoms with Crippen LogP contribution in [-0.4, -0.2) is 44.1 Å². The third-order valence-electron chi connectivity index (χ3n) is 7.44. The quantitative estimate of drug-likeness (QED) is 0.136. The summed E-state index contributed by atoms with van der Waals surface area (Å²) in [5.41, 5.74) is 8.21. The van der Waals surface area contributed by atoms with Crippen LogP contribution in [0.15, 0.2) is 118 Å². The molecule has 4 aromatic carbocycles. The van der Waals surface area contributed by atoms with E-state index in [4.69, 9.17) is 19.5 Å². The maximum atomic E-state index is 14.1. The number of alkyl carbamates (subject to hydrolysis) is 1. The van der Waals surface area contributed by atoms with E-state index in [9.17, 15) is 13.6 Å². The number of nitrogens with two attached hydrogens (primary N) is 1. The molecule has 0 unspecified atom stereocenters. The highest BCUT2D eigenvalue weighted by molar-refractivity contribution is 5.85. The third kappa shape index (κ3) is 12.1. The lowest BCUT2D eigenvalue weighted by Gasteiger charge is -2.23. The number of halogens is 3. The molecule has 0 aliphatic rings. The minimum Gasteiger partial charge on any atom is -0.444 e. The molecule has 0 saturated carbocycles. The van der Waals surface area contributed by atoms with Crippen molar-refractivity contribution in [3.8, 4) is 22.8 Å². The van der Waals surface area contributed by atoms with Gasteiger partial charge in [0.1, 0.15) is 17.2 Å². The number of nitrogens with zero attached hydrogens (tertiary/aromatic N) is 4. The fraction of sp³-hybridized carbons (Fsp3) is 0.256. The number of amides is 1. The molecule has 6 rings (SSSR count). The normalized spacial score (nSPS) is 12.1. The van der Waals surface area contributed by atoms with Crippen LogP contribution < -0.4 is 11.1 Å². The molecular weight excluding hydrogens is 690 g/mol. The van der Waals surface area contributed by atoms with Crippen LogP contribution in [0, 0.1) is 11.6 Å². The fourth-order valence-electron chi connectivity index (χ4n) is 5.12. The van der Waals surface area contributed by atoms with Crippen LogP contribution in [0.4, 0.5) is 13.6 Å². The molecule has 0 aliphatic heterocycles. The average molecular weight is 731 g/mol. The van der Waals surface area contributed by atoms with Gasteiger partial charge in [-0.3, -0.25) is 0 Å². The monoisotopic (exact) mass is 730 g/mol. The summed E-state index contributed by atoms with van der Waals surface area (Å²) in [4.78, 5) is 21.0. The van der Waals surface area contributed by atoms with Crippen LogP contribution in [-0.2, 0) is 30.4 Å². The highest BCUT2D eigenvalue weighted by Crippen LogP contribution is 2.19. The second-order valence-corrected chi connectivity index (χ2v) is 12.9. The van der Waals surface area contributed by atoms with Crippen LogP contribution in [0.25, 0.3) is 22.8 Å². The average Bonchev–Trinajstić information content (AvgIpc) is 3.77. The molecule has 10 nitrogen and oxygen atoms in total. The maximum Gasteiger partial charge on any atom is 0.407 e. The van der Waals surface area contributed by atoms with Crippen molar-refractivity contribution in [3.05, 3.63) is 144 Å². The van der Waals surface area contributed by atoms with Gasteiger partial charge in [0.25, 0.3) is 0 Å². The van der Waals surface area contributed by atoms with Gasteiger partial charge in [-0.2, -0.15) is 9.97 Å². The topological polar surface area (TPSA) is 142 Å². The van der Waals surface area contributed by atoms with E-state index in [0.29, 0.717) is 47.4 Å². The van der Waals surface area contributed by atoms with E-state index >= 15 is 0 Å². The lowest BCUT2D eigenvalue weighted by molar-refractivity contribution is 0.0502. The van der Waals surface area contributed by atoms with E-state index in [0.717, 1.165) is 11.1 Å². The summed E-state index contributed by atoms with van der Waals surface area (Å²) in [5, 5.41) is 10.7. The number of ether oxygens (including phenoxy) is 1. The molecule has 1 amide bonds. The Hall–Kier alpha value is -5.46. The Morgan fingerprint density at radius 1 is 0.692 bits per heavy atom. The lowest BCUT2D eigenvalue weighted by Crippen LogP contribution is -2.41. The fourth-order valence-corrected chi connectivity index (χ4v) is 5.12. The van der Waals surface area contributed by atoms with Crippen LogP contribution in [0.2, 0.25) is 0 Å². The molecule has 0 spiro atoms. The molecule has 3 N–H and O–H groups in total. The van der Waals surface area contributed by atoms with Crippen molar-refractivity contribution in [1.82, 2.24) is 25.6 Å². The van der Waals surface area contributed by atoms with Gasteiger partial charge in [0.2, 0.25) is 23.4 Å². The molecular formula is C39H41ClF2N6O4. The van der Waals surface area contributed by atoms with E-state index in [1.807, 2.05) is 60.7 Å². The number of rotatable bonds is 11. The summed E-state index contributed by atoms with van der Waals surface area (Å²) < 4.78 is 43.6. The first-order valence-corrected chi connectivity index (χ1v) is 16.5. The first kappa shape index (κ1) is 39.3.